The van der Waals surface area contributed by atoms with Crippen molar-refractivity contribution in [1.82, 2.24) is 4.98 Å². The van der Waals surface area contributed by atoms with Gasteiger partial charge >= 0.3 is 0 Å². The number of nitrogens with zero attached hydrogens (tertiary/aromatic N) is 1. The van der Waals surface area contributed by atoms with Crippen LogP contribution in [0.25, 0.3) is 0 Å². The van der Waals surface area contributed by atoms with E-state index in [-0.39, 0.29) is 12.1 Å². The first-order valence-corrected chi connectivity index (χ1v) is 3.49. The van der Waals surface area contributed by atoms with Gasteiger partial charge in [0.1, 0.15) is 0 Å². The number of rotatable bonds is 2. The third-order valence-corrected chi connectivity index (χ3v) is 1.60. The maximum absolute atomic E-state index is 13.0. The molecule has 0 amide bonds. The number of pyridine rings is 1. The van der Waals surface area contributed by atoms with E-state index in [0.29, 0.717) is 0 Å². The second-order valence-corrected chi connectivity index (χ2v) is 2.40. The van der Waals surface area contributed by atoms with E-state index in [1.807, 2.05) is 0 Å². The molecule has 0 spiro atoms. The van der Waals surface area contributed by atoms with Crippen LogP contribution in [0.5, 0.6) is 0 Å². The standard InChI is InChI=1S/C7H8F3N3/c8-5-4(6(9)10)3(1-11)2-13-7(5)12/h2,6H,1,11H2,(H2,12,13). The molecule has 0 saturated heterocycles. The summed E-state index contributed by atoms with van der Waals surface area (Å²) in [5, 5.41) is 0. The molecule has 0 atom stereocenters. The highest BCUT2D eigenvalue weighted by Crippen LogP contribution is 2.27. The van der Waals surface area contributed by atoms with Gasteiger partial charge in [0.2, 0.25) is 0 Å². The molecule has 3 nitrogen and oxygen atoms in total. The largest absolute Gasteiger partial charge is 0.381 e. The molecule has 0 unspecified atom stereocenters. The maximum Gasteiger partial charge on any atom is 0.267 e. The molecule has 0 aliphatic heterocycles. The smallest absolute Gasteiger partial charge is 0.267 e. The van der Waals surface area contributed by atoms with Gasteiger partial charge in [-0.2, -0.15) is 0 Å². The van der Waals surface area contributed by atoms with Gasteiger partial charge < -0.3 is 11.5 Å². The number of hydrogen-bond acceptors (Lipinski definition) is 3. The van der Waals surface area contributed by atoms with Gasteiger partial charge in [-0.15, -0.1) is 0 Å². The van der Waals surface area contributed by atoms with Crippen LogP contribution >= 0.6 is 0 Å². The zero-order valence-corrected chi connectivity index (χ0v) is 6.60. The minimum atomic E-state index is -2.93. The lowest BCUT2D eigenvalue weighted by Crippen LogP contribution is -2.08. The van der Waals surface area contributed by atoms with Gasteiger partial charge in [-0.25, -0.2) is 18.2 Å². The van der Waals surface area contributed by atoms with Gasteiger partial charge in [0.15, 0.2) is 11.6 Å². The summed E-state index contributed by atoms with van der Waals surface area (Å²) in [5.41, 5.74) is 9.37. The Bertz CT molecular complexity index is 314. The lowest BCUT2D eigenvalue weighted by molar-refractivity contribution is 0.145. The SMILES string of the molecule is NCc1cnc(N)c(F)c1C(F)F. The number of halogens is 3. The van der Waals surface area contributed by atoms with Crippen LogP contribution < -0.4 is 11.5 Å². The molecule has 13 heavy (non-hydrogen) atoms. The number of anilines is 1. The van der Waals surface area contributed by atoms with E-state index in [1.54, 1.807) is 0 Å². The van der Waals surface area contributed by atoms with Gasteiger partial charge in [-0.3, -0.25) is 0 Å². The fourth-order valence-electron chi connectivity index (χ4n) is 0.951. The Morgan fingerprint density at radius 3 is 2.54 bits per heavy atom. The highest BCUT2D eigenvalue weighted by molar-refractivity contribution is 5.40. The predicted molar refractivity (Wildman–Crippen MR) is 41.5 cm³/mol. The van der Waals surface area contributed by atoms with Crippen LogP contribution in [-0.4, -0.2) is 4.98 Å². The molecule has 0 bridgehead atoms. The van der Waals surface area contributed by atoms with Crippen LogP contribution in [0.3, 0.4) is 0 Å². The molecule has 0 aliphatic carbocycles. The summed E-state index contributed by atoms with van der Waals surface area (Å²) < 4.78 is 37.5. The lowest BCUT2D eigenvalue weighted by atomic mass is 10.1. The van der Waals surface area contributed by atoms with Crippen molar-refractivity contribution in [3.63, 3.8) is 0 Å². The molecule has 0 saturated carbocycles. The first kappa shape index (κ1) is 9.79. The van der Waals surface area contributed by atoms with Crippen molar-refractivity contribution in [3.05, 3.63) is 23.1 Å². The zero-order valence-electron chi connectivity index (χ0n) is 6.60. The molecule has 4 N–H and O–H groups in total. The van der Waals surface area contributed by atoms with Crippen molar-refractivity contribution in [3.8, 4) is 0 Å². The molecule has 1 aromatic heterocycles. The summed E-state index contributed by atoms with van der Waals surface area (Å²) in [4.78, 5) is 3.38. The van der Waals surface area contributed by atoms with Crippen molar-refractivity contribution in [2.24, 2.45) is 5.73 Å². The predicted octanol–water partition coefficient (Wildman–Crippen LogP) is 1.20. The molecule has 0 aliphatic rings. The van der Waals surface area contributed by atoms with Crippen LogP contribution in [0, 0.1) is 5.82 Å². The molecule has 0 fully saturated rings. The van der Waals surface area contributed by atoms with E-state index >= 15 is 0 Å². The summed E-state index contributed by atoms with van der Waals surface area (Å²) in [7, 11) is 0. The van der Waals surface area contributed by atoms with Gasteiger partial charge in [0, 0.05) is 12.7 Å². The van der Waals surface area contributed by atoms with Crippen molar-refractivity contribution in [1.29, 1.82) is 0 Å². The highest BCUT2D eigenvalue weighted by Gasteiger charge is 2.20. The van der Waals surface area contributed by atoms with E-state index in [0.717, 1.165) is 6.20 Å². The Hall–Kier alpha value is -1.30. The second kappa shape index (κ2) is 3.61. The second-order valence-electron chi connectivity index (χ2n) is 2.40. The first-order chi connectivity index (χ1) is 6.07. The average Bonchev–Trinajstić information content (AvgIpc) is 2.08. The summed E-state index contributed by atoms with van der Waals surface area (Å²) in [5.74, 6) is -1.72. The van der Waals surface area contributed by atoms with Crippen LogP contribution in [0.2, 0.25) is 0 Å². The van der Waals surface area contributed by atoms with Crippen molar-refractivity contribution in [2.75, 3.05) is 5.73 Å². The van der Waals surface area contributed by atoms with Gasteiger partial charge in [0.05, 0.1) is 5.56 Å². The molecule has 1 heterocycles. The normalized spacial score (nSPS) is 10.8. The van der Waals surface area contributed by atoms with E-state index < -0.39 is 23.6 Å². The number of aromatic nitrogens is 1. The molecular weight excluding hydrogens is 183 g/mol. The summed E-state index contributed by atoms with van der Waals surface area (Å²) in [6, 6.07) is 0. The molecule has 6 heteroatoms. The quantitative estimate of drug-likeness (QED) is 0.738. The van der Waals surface area contributed by atoms with Crippen LogP contribution in [0.1, 0.15) is 17.6 Å². The monoisotopic (exact) mass is 191 g/mol. The molecular formula is C7H8F3N3. The van der Waals surface area contributed by atoms with E-state index in [1.165, 1.54) is 0 Å². The minimum absolute atomic E-state index is 0.0262. The highest BCUT2D eigenvalue weighted by atomic mass is 19.3. The topological polar surface area (TPSA) is 64.9 Å². The van der Waals surface area contributed by atoms with Crippen molar-refractivity contribution >= 4 is 5.82 Å². The van der Waals surface area contributed by atoms with Crippen LogP contribution in [0.4, 0.5) is 19.0 Å². The Kier molecular flexibility index (Phi) is 2.72. The Balaban J connectivity index is 3.32. The molecule has 1 aromatic rings. The summed E-state index contributed by atoms with van der Waals surface area (Å²) in [6.07, 6.45) is -1.87. The lowest BCUT2D eigenvalue weighted by Gasteiger charge is -2.08. The number of hydrogen-bond donors (Lipinski definition) is 2. The van der Waals surface area contributed by atoms with E-state index in [4.69, 9.17) is 11.5 Å². The van der Waals surface area contributed by atoms with E-state index in [2.05, 4.69) is 4.98 Å². The summed E-state index contributed by atoms with van der Waals surface area (Å²) in [6.45, 7) is -0.191. The first-order valence-electron chi connectivity index (χ1n) is 3.49. The fraction of sp³-hybridized carbons (Fsp3) is 0.286. The Labute approximate surface area is 72.6 Å². The van der Waals surface area contributed by atoms with Gasteiger partial charge in [-0.1, -0.05) is 0 Å². The number of nitrogen functional groups attached to an aromatic ring is 1. The maximum atomic E-state index is 13.0. The minimum Gasteiger partial charge on any atom is -0.381 e. The summed E-state index contributed by atoms with van der Waals surface area (Å²) >= 11 is 0. The molecule has 0 aromatic carbocycles. The molecule has 72 valence electrons. The van der Waals surface area contributed by atoms with Crippen molar-refractivity contribution in [2.45, 2.75) is 13.0 Å². The molecule has 0 radical (unpaired) electrons. The van der Waals surface area contributed by atoms with Gasteiger partial charge in [-0.05, 0) is 5.56 Å². The molecule has 1 rings (SSSR count). The Morgan fingerprint density at radius 1 is 1.46 bits per heavy atom. The Morgan fingerprint density at radius 2 is 2.08 bits per heavy atom. The number of alkyl halides is 2. The number of nitrogens with two attached hydrogens (primary N) is 2. The average molecular weight is 191 g/mol. The van der Waals surface area contributed by atoms with E-state index in [9.17, 15) is 13.2 Å². The van der Waals surface area contributed by atoms with Crippen molar-refractivity contribution < 1.29 is 13.2 Å². The van der Waals surface area contributed by atoms with Crippen LogP contribution in [0.15, 0.2) is 6.20 Å². The van der Waals surface area contributed by atoms with Crippen LogP contribution in [-0.2, 0) is 6.54 Å². The van der Waals surface area contributed by atoms with Gasteiger partial charge in [0.25, 0.3) is 6.43 Å². The zero-order chi connectivity index (χ0) is 10.0. The third-order valence-electron chi connectivity index (χ3n) is 1.60. The third kappa shape index (κ3) is 1.72. The fourth-order valence-corrected chi connectivity index (χ4v) is 0.951.